The molecule has 101 heavy (non-hydrogen) atoms. The van der Waals surface area contributed by atoms with E-state index < -0.39 is 0 Å². The Kier molecular flexibility index (Phi) is 83.3. The molecule has 0 aliphatic rings. The zero-order valence-electron chi connectivity index (χ0n) is 73.2. The van der Waals surface area contributed by atoms with Gasteiger partial charge in [0.25, 0.3) is 0 Å². The van der Waals surface area contributed by atoms with Gasteiger partial charge in [0.15, 0.2) is 0 Å². The SMILES string of the molecule is CCCCCCCCCCP(CCCCCCCCCC)C(CCCCCCCCCC)(CCCCCCCCCC)C(CCCCCCCCCC)(CCCCCCCCCC)CCCCCCCC(CCCCCCCCCC)(CCCCCCCCCC)CCCCCCCCCC. The molecule has 0 fully saturated rings. The monoisotopic (exact) mass is 1440 g/mol. The normalized spacial score (nSPS) is 12.4. The summed E-state index contributed by atoms with van der Waals surface area (Å²) in [7, 11) is -0.0698. The van der Waals surface area contributed by atoms with Gasteiger partial charge in [-0.15, -0.1) is 0 Å². The van der Waals surface area contributed by atoms with Gasteiger partial charge in [-0.1, -0.05) is 552 Å². The molecule has 0 aliphatic heterocycles. The van der Waals surface area contributed by atoms with E-state index in [9.17, 15) is 0 Å². The Labute approximate surface area is 646 Å². The number of unbranched alkanes of at least 4 members (excludes halogenated alkanes) is 67. The third-order valence-corrected chi connectivity index (χ3v) is 30.0. The van der Waals surface area contributed by atoms with E-state index in [1.807, 2.05) is 0 Å². The van der Waals surface area contributed by atoms with Crippen molar-refractivity contribution >= 4 is 7.92 Å². The van der Waals surface area contributed by atoms with Crippen molar-refractivity contribution in [3.8, 4) is 0 Å². The van der Waals surface area contributed by atoms with Crippen molar-refractivity contribution in [1.82, 2.24) is 0 Å². The van der Waals surface area contributed by atoms with Crippen molar-refractivity contribution in [2.24, 2.45) is 10.8 Å². The maximum absolute atomic E-state index is 2.42. The van der Waals surface area contributed by atoms with Gasteiger partial charge >= 0.3 is 0 Å². The lowest BCUT2D eigenvalue weighted by atomic mass is 9.61. The summed E-state index contributed by atoms with van der Waals surface area (Å²) in [6.45, 7) is 21.6. The zero-order chi connectivity index (χ0) is 73.3. The first kappa shape index (κ1) is 101. The maximum atomic E-state index is 2.42. The van der Waals surface area contributed by atoms with Crippen LogP contribution < -0.4 is 0 Å². The van der Waals surface area contributed by atoms with Crippen LogP contribution >= 0.6 is 7.92 Å². The van der Waals surface area contributed by atoms with Crippen molar-refractivity contribution in [3.63, 3.8) is 0 Å². The average molecular weight is 1440 g/mol. The molecule has 0 aromatic heterocycles. The van der Waals surface area contributed by atoms with Gasteiger partial charge in [-0.05, 0) is 98.9 Å². The number of hydrogen-bond donors (Lipinski definition) is 0. The molecule has 0 radical (unpaired) electrons. The van der Waals surface area contributed by atoms with E-state index in [0.717, 1.165) is 0 Å². The van der Waals surface area contributed by atoms with Crippen LogP contribution in [0, 0.1) is 10.8 Å². The molecule has 0 aromatic rings. The van der Waals surface area contributed by atoms with Crippen LogP contribution in [0.5, 0.6) is 0 Å². The van der Waals surface area contributed by atoms with Crippen LogP contribution in [0.1, 0.15) is 615 Å². The summed E-state index contributed by atoms with van der Waals surface area (Å²) < 4.78 is 0. The maximum Gasteiger partial charge on any atom is -0.00380 e. The van der Waals surface area contributed by atoms with Crippen LogP contribution in [-0.2, 0) is 0 Å². The van der Waals surface area contributed by atoms with Gasteiger partial charge in [0.05, 0.1) is 0 Å². The highest BCUT2D eigenvalue weighted by atomic mass is 31.1. The summed E-state index contributed by atoms with van der Waals surface area (Å²) in [5.74, 6) is 0. The predicted molar refractivity (Wildman–Crippen MR) is 472 cm³/mol. The zero-order valence-corrected chi connectivity index (χ0v) is 74.1. The molecule has 0 atom stereocenters. The first-order valence-electron chi connectivity index (χ1n) is 49.7. The van der Waals surface area contributed by atoms with Crippen LogP contribution in [0.15, 0.2) is 0 Å². The molecular weight excluding hydrogens is 1230 g/mol. The van der Waals surface area contributed by atoms with Crippen LogP contribution in [0.2, 0.25) is 0 Å². The van der Waals surface area contributed by atoms with Gasteiger partial charge in [-0.3, -0.25) is 0 Å². The topological polar surface area (TPSA) is 0 Å². The Morgan fingerprint density at radius 1 is 0.129 bits per heavy atom. The number of rotatable bonds is 91. The molecule has 0 aliphatic carbocycles. The van der Waals surface area contributed by atoms with Crippen molar-refractivity contribution < 1.29 is 0 Å². The van der Waals surface area contributed by atoms with E-state index >= 15 is 0 Å². The van der Waals surface area contributed by atoms with Crippen molar-refractivity contribution in [2.75, 3.05) is 12.3 Å². The second-order valence-corrected chi connectivity index (χ2v) is 38.4. The average Bonchev–Trinajstić information content (AvgIpc) is 0.751. The smallest absolute Gasteiger partial charge is 0.00380 e. The Hall–Kier alpha value is 0.430. The minimum atomic E-state index is -0.0698. The third-order valence-electron chi connectivity index (χ3n) is 26.1. The van der Waals surface area contributed by atoms with Gasteiger partial charge in [0.1, 0.15) is 0 Å². The van der Waals surface area contributed by atoms with Gasteiger partial charge in [-0.2, -0.15) is 0 Å². The van der Waals surface area contributed by atoms with Crippen molar-refractivity contribution in [1.29, 1.82) is 0 Å². The summed E-state index contributed by atoms with van der Waals surface area (Å²) in [5, 5.41) is 0.567. The Bertz CT molecular complexity index is 1370. The third kappa shape index (κ3) is 62.8. The lowest BCUT2D eigenvalue weighted by molar-refractivity contribution is 0.104. The van der Waals surface area contributed by atoms with Gasteiger partial charge in [0, 0.05) is 0 Å². The molecule has 0 saturated carbocycles. The van der Waals surface area contributed by atoms with E-state index in [1.165, 1.54) is 449 Å². The first-order valence-corrected chi connectivity index (χ1v) is 51.4. The minimum absolute atomic E-state index is 0.0698. The van der Waals surface area contributed by atoms with Crippen LogP contribution in [0.4, 0.5) is 0 Å². The standard InChI is InChI=1S/C100H203P/c1-10-19-28-37-46-55-65-76-87-98(88-77-66-56-47-38-29-20-11-2,89-78-67-57-48-39-30-21-12-3)90-79-68-64-71-82-93-99(91-80-69-58-49-40-31-22-13-4,92-81-70-59-50-41-32-23-14-5)100(94-83-72-60-51-42-33-24-15-6,95-84-73-61-52-43-34-25-16-7)101(96-85-74-62-53-44-35-26-17-8)97-86-75-63-54-45-36-27-18-9/h10-97H2,1-9H3. The van der Waals surface area contributed by atoms with Gasteiger partial charge in [-0.25, -0.2) is 0 Å². The summed E-state index contributed by atoms with van der Waals surface area (Å²) >= 11 is 0. The largest absolute Gasteiger partial charge is 0.0998 e. The van der Waals surface area contributed by atoms with E-state index in [0.29, 0.717) is 16.0 Å². The minimum Gasteiger partial charge on any atom is -0.0998 e. The molecular formula is C100H203P. The highest BCUT2D eigenvalue weighted by Gasteiger charge is 2.52. The molecule has 0 spiro atoms. The Balaban J connectivity index is 7.93. The fourth-order valence-corrected chi connectivity index (χ4v) is 23.5. The van der Waals surface area contributed by atoms with E-state index in [4.69, 9.17) is 0 Å². The molecule has 608 valence electrons. The van der Waals surface area contributed by atoms with Crippen molar-refractivity contribution in [3.05, 3.63) is 0 Å². The van der Waals surface area contributed by atoms with Gasteiger partial charge in [0.2, 0.25) is 0 Å². The predicted octanol–water partition coefficient (Wildman–Crippen LogP) is 38.9. The highest BCUT2D eigenvalue weighted by molar-refractivity contribution is 7.59. The van der Waals surface area contributed by atoms with Crippen LogP contribution in [0.3, 0.4) is 0 Å². The molecule has 0 nitrogen and oxygen atoms in total. The molecule has 1 heteroatoms. The summed E-state index contributed by atoms with van der Waals surface area (Å²) in [4.78, 5) is 0. The lowest BCUT2D eigenvalue weighted by Gasteiger charge is -2.57. The lowest BCUT2D eigenvalue weighted by Crippen LogP contribution is -2.48. The molecule has 0 rings (SSSR count). The first-order chi connectivity index (χ1) is 49.9. The molecule has 0 saturated heterocycles. The van der Waals surface area contributed by atoms with Crippen molar-refractivity contribution in [2.45, 2.75) is 620 Å². The highest BCUT2D eigenvalue weighted by Crippen LogP contribution is 2.68. The van der Waals surface area contributed by atoms with Gasteiger partial charge < -0.3 is 0 Å². The Morgan fingerprint density at radius 3 is 0.426 bits per heavy atom. The van der Waals surface area contributed by atoms with E-state index in [1.54, 1.807) is 115 Å². The van der Waals surface area contributed by atoms with E-state index in [2.05, 4.69) is 62.3 Å². The molecule has 0 heterocycles. The summed E-state index contributed by atoms with van der Waals surface area (Å²) in [5.41, 5.74) is 1.14. The number of hydrogen-bond acceptors (Lipinski definition) is 0. The quantitative estimate of drug-likeness (QED) is 0.0421. The fourth-order valence-electron chi connectivity index (χ4n) is 19.2. The molecule has 0 aromatic carbocycles. The van der Waals surface area contributed by atoms with E-state index in [-0.39, 0.29) is 7.92 Å². The molecule has 0 bridgehead atoms. The summed E-state index contributed by atoms with van der Waals surface area (Å²) in [6, 6.07) is 0. The summed E-state index contributed by atoms with van der Waals surface area (Å²) in [6.07, 6.45) is 132. The molecule has 0 N–H and O–H groups in total. The molecule has 0 unspecified atom stereocenters. The van der Waals surface area contributed by atoms with Crippen LogP contribution in [0.25, 0.3) is 0 Å². The second kappa shape index (κ2) is 82.9. The second-order valence-electron chi connectivity index (χ2n) is 35.6. The van der Waals surface area contributed by atoms with Crippen LogP contribution in [-0.4, -0.2) is 17.5 Å². The Morgan fingerprint density at radius 2 is 0.257 bits per heavy atom. The fraction of sp³-hybridized carbons (Fsp3) is 1.00. The molecule has 0 amide bonds.